The van der Waals surface area contributed by atoms with Crippen molar-refractivity contribution in [1.82, 2.24) is 15.5 Å². The molecular formula is C18H25N3O4. The molecule has 1 heterocycles. The Morgan fingerprint density at radius 3 is 2.56 bits per heavy atom. The predicted octanol–water partition coefficient (Wildman–Crippen LogP) is 1.46. The van der Waals surface area contributed by atoms with Gasteiger partial charge in [0.15, 0.2) is 0 Å². The number of ether oxygens (including phenoxy) is 1. The van der Waals surface area contributed by atoms with Crippen LogP contribution in [0.3, 0.4) is 0 Å². The second-order valence-corrected chi connectivity index (χ2v) is 6.35. The molecule has 1 fully saturated rings. The number of nitrogens with zero attached hydrogens (tertiary/aromatic N) is 1. The van der Waals surface area contributed by atoms with Crippen LogP contribution in [0.15, 0.2) is 24.3 Å². The van der Waals surface area contributed by atoms with Gasteiger partial charge in [0.2, 0.25) is 5.91 Å². The van der Waals surface area contributed by atoms with Gasteiger partial charge in [0.05, 0.1) is 7.11 Å². The normalized spacial score (nSPS) is 19.7. The number of carbonyl (C=O) groups excluding carboxylic acids is 3. The van der Waals surface area contributed by atoms with Crippen LogP contribution >= 0.6 is 0 Å². The molecule has 0 aromatic heterocycles. The number of aryl methyl sites for hydroxylation is 1. The van der Waals surface area contributed by atoms with Gasteiger partial charge < -0.3 is 15.4 Å². The third kappa shape index (κ3) is 4.49. The van der Waals surface area contributed by atoms with Crippen LogP contribution in [-0.4, -0.2) is 48.5 Å². The average Bonchev–Trinajstić information content (AvgIpc) is 2.82. The molecule has 7 heteroatoms. The van der Waals surface area contributed by atoms with E-state index in [1.54, 1.807) is 14.0 Å². The van der Waals surface area contributed by atoms with Gasteiger partial charge in [0.1, 0.15) is 17.8 Å². The Hall–Kier alpha value is -2.57. The van der Waals surface area contributed by atoms with Crippen molar-refractivity contribution in [3.63, 3.8) is 0 Å². The van der Waals surface area contributed by atoms with E-state index in [2.05, 4.69) is 10.6 Å². The Morgan fingerprint density at radius 1 is 1.28 bits per heavy atom. The molecule has 7 nitrogen and oxygen atoms in total. The van der Waals surface area contributed by atoms with E-state index in [9.17, 15) is 14.4 Å². The fraction of sp³-hybridized carbons (Fsp3) is 0.500. The number of amides is 4. The van der Waals surface area contributed by atoms with Gasteiger partial charge in [0.25, 0.3) is 5.91 Å². The van der Waals surface area contributed by atoms with Crippen LogP contribution in [0.2, 0.25) is 0 Å². The van der Waals surface area contributed by atoms with Crippen LogP contribution < -0.4 is 15.4 Å². The zero-order chi connectivity index (χ0) is 18.4. The van der Waals surface area contributed by atoms with Crippen molar-refractivity contribution >= 4 is 17.8 Å². The molecule has 4 amide bonds. The summed E-state index contributed by atoms with van der Waals surface area (Å²) < 4.78 is 5.12. The highest BCUT2D eigenvalue weighted by Gasteiger charge is 2.47. The molecule has 0 saturated carbocycles. The summed E-state index contributed by atoms with van der Waals surface area (Å²) in [7, 11) is 1.61. The average molecular weight is 347 g/mol. The minimum Gasteiger partial charge on any atom is -0.497 e. The first-order valence-electron chi connectivity index (χ1n) is 8.43. The number of urea groups is 1. The van der Waals surface area contributed by atoms with Gasteiger partial charge in [-0.25, -0.2) is 4.79 Å². The molecule has 2 rings (SSSR count). The molecule has 1 aromatic rings. The maximum absolute atomic E-state index is 12.6. The van der Waals surface area contributed by atoms with Gasteiger partial charge in [-0.15, -0.1) is 0 Å². The van der Waals surface area contributed by atoms with Gasteiger partial charge in [0, 0.05) is 6.54 Å². The molecule has 1 aliphatic heterocycles. The first-order chi connectivity index (χ1) is 11.9. The summed E-state index contributed by atoms with van der Waals surface area (Å²) in [6, 6.07) is 7.06. The number of hydrogen-bond donors (Lipinski definition) is 2. The van der Waals surface area contributed by atoms with Crippen LogP contribution in [-0.2, 0) is 16.0 Å². The quantitative estimate of drug-likeness (QED) is 0.697. The van der Waals surface area contributed by atoms with Crippen molar-refractivity contribution in [1.29, 1.82) is 0 Å². The summed E-state index contributed by atoms with van der Waals surface area (Å²) in [5.41, 5.74) is 0.0467. The van der Waals surface area contributed by atoms with Crippen molar-refractivity contribution in [3.05, 3.63) is 29.8 Å². The van der Waals surface area contributed by atoms with Crippen LogP contribution in [0.4, 0.5) is 4.79 Å². The number of benzene rings is 1. The maximum Gasteiger partial charge on any atom is 0.325 e. The minimum atomic E-state index is -0.998. The molecule has 1 saturated heterocycles. The van der Waals surface area contributed by atoms with E-state index in [1.165, 1.54) is 0 Å². The molecule has 136 valence electrons. The Morgan fingerprint density at radius 2 is 1.96 bits per heavy atom. The van der Waals surface area contributed by atoms with E-state index in [0.29, 0.717) is 19.4 Å². The van der Waals surface area contributed by atoms with Gasteiger partial charge in [-0.05, 0) is 43.9 Å². The summed E-state index contributed by atoms with van der Waals surface area (Å²) in [5, 5.41) is 5.39. The lowest BCUT2D eigenvalue weighted by atomic mass is 9.93. The molecular weight excluding hydrogens is 322 g/mol. The highest BCUT2D eigenvalue weighted by Crippen LogP contribution is 2.23. The lowest BCUT2D eigenvalue weighted by molar-refractivity contribution is -0.134. The molecule has 0 radical (unpaired) electrons. The van der Waals surface area contributed by atoms with E-state index in [0.717, 1.165) is 22.6 Å². The Labute approximate surface area is 147 Å². The minimum absolute atomic E-state index is 0.247. The monoisotopic (exact) mass is 347 g/mol. The van der Waals surface area contributed by atoms with E-state index in [-0.39, 0.29) is 18.4 Å². The largest absolute Gasteiger partial charge is 0.497 e. The Bertz CT molecular complexity index is 644. The number of imide groups is 1. The van der Waals surface area contributed by atoms with Crippen LogP contribution in [0, 0.1) is 0 Å². The summed E-state index contributed by atoms with van der Waals surface area (Å²) in [5.74, 6) is 0.0758. The highest BCUT2D eigenvalue weighted by molar-refractivity contribution is 6.08. The highest BCUT2D eigenvalue weighted by atomic mass is 16.5. The third-order valence-electron chi connectivity index (χ3n) is 4.29. The van der Waals surface area contributed by atoms with Gasteiger partial charge in [-0.1, -0.05) is 19.1 Å². The van der Waals surface area contributed by atoms with Crippen molar-refractivity contribution in [2.75, 3.05) is 20.2 Å². The Balaban J connectivity index is 1.96. The third-order valence-corrected chi connectivity index (χ3v) is 4.29. The van der Waals surface area contributed by atoms with Crippen LogP contribution in [0.25, 0.3) is 0 Å². The second-order valence-electron chi connectivity index (χ2n) is 6.35. The van der Waals surface area contributed by atoms with E-state index < -0.39 is 11.6 Å². The Kier molecular flexibility index (Phi) is 6.01. The van der Waals surface area contributed by atoms with Crippen molar-refractivity contribution in [3.8, 4) is 5.75 Å². The molecule has 1 atom stereocenters. The van der Waals surface area contributed by atoms with E-state index in [4.69, 9.17) is 4.74 Å². The van der Waals surface area contributed by atoms with Crippen molar-refractivity contribution in [2.24, 2.45) is 0 Å². The zero-order valence-electron chi connectivity index (χ0n) is 14.9. The summed E-state index contributed by atoms with van der Waals surface area (Å²) in [6.45, 7) is 3.91. The maximum atomic E-state index is 12.6. The van der Waals surface area contributed by atoms with Crippen LogP contribution in [0.1, 0.15) is 32.3 Å². The van der Waals surface area contributed by atoms with Crippen molar-refractivity contribution < 1.29 is 19.1 Å². The van der Waals surface area contributed by atoms with Gasteiger partial charge >= 0.3 is 6.03 Å². The molecule has 0 bridgehead atoms. The number of hydrogen-bond acceptors (Lipinski definition) is 4. The lowest BCUT2D eigenvalue weighted by Crippen LogP contribution is -2.45. The lowest BCUT2D eigenvalue weighted by Gasteiger charge is -2.21. The molecule has 2 N–H and O–H groups in total. The summed E-state index contributed by atoms with van der Waals surface area (Å²) in [4.78, 5) is 37.5. The number of rotatable bonds is 8. The SMILES string of the molecule is CCCNC(=O)CN1C(=O)NC(C)(CCc2ccc(OC)cc2)C1=O. The molecule has 0 aliphatic carbocycles. The molecule has 1 aliphatic rings. The zero-order valence-corrected chi connectivity index (χ0v) is 14.9. The topological polar surface area (TPSA) is 87.7 Å². The predicted molar refractivity (Wildman–Crippen MR) is 93.3 cm³/mol. The van der Waals surface area contributed by atoms with Gasteiger partial charge in [-0.3, -0.25) is 14.5 Å². The number of methoxy groups -OCH3 is 1. The van der Waals surface area contributed by atoms with Crippen molar-refractivity contribution in [2.45, 2.75) is 38.6 Å². The number of carbonyl (C=O) groups is 3. The second kappa shape index (κ2) is 8.00. The fourth-order valence-corrected chi connectivity index (χ4v) is 2.71. The van der Waals surface area contributed by atoms with E-state index >= 15 is 0 Å². The molecule has 25 heavy (non-hydrogen) atoms. The summed E-state index contributed by atoms with van der Waals surface area (Å²) in [6.07, 6.45) is 1.88. The summed E-state index contributed by atoms with van der Waals surface area (Å²) >= 11 is 0. The smallest absolute Gasteiger partial charge is 0.325 e. The van der Waals surface area contributed by atoms with E-state index in [1.807, 2.05) is 31.2 Å². The molecule has 1 unspecified atom stereocenters. The molecule has 0 spiro atoms. The van der Waals surface area contributed by atoms with Crippen LogP contribution in [0.5, 0.6) is 5.75 Å². The fourth-order valence-electron chi connectivity index (χ4n) is 2.71. The molecule has 1 aromatic carbocycles. The first kappa shape index (κ1) is 18.8. The number of nitrogens with one attached hydrogen (secondary N) is 2. The standard InChI is InChI=1S/C18H25N3O4/c1-4-11-19-15(22)12-21-16(23)18(2,20-17(21)24)10-9-13-5-7-14(25-3)8-6-13/h5-8H,4,9-12H2,1-3H3,(H,19,22)(H,20,24). The first-order valence-corrected chi connectivity index (χ1v) is 8.43. The van der Waals surface area contributed by atoms with Gasteiger partial charge in [-0.2, -0.15) is 0 Å².